The van der Waals surface area contributed by atoms with E-state index >= 15 is 0 Å². The van der Waals surface area contributed by atoms with Crippen LogP contribution in [0.2, 0.25) is 10.2 Å². The van der Waals surface area contributed by atoms with E-state index in [2.05, 4.69) is 11.9 Å². The second-order valence-corrected chi connectivity index (χ2v) is 5.26. The van der Waals surface area contributed by atoms with Gasteiger partial charge in [-0.15, -0.1) is 0 Å². The number of halogens is 2. The fourth-order valence-corrected chi connectivity index (χ4v) is 2.36. The lowest BCUT2D eigenvalue weighted by molar-refractivity contribution is 0.0682. The smallest absolute Gasteiger partial charge is 0.255 e. The van der Waals surface area contributed by atoms with Crippen molar-refractivity contribution in [1.29, 1.82) is 0 Å². The first-order valence-corrected chi connectivity index (χ1v) is 6.44. The molecule has 1 atom stereocenters. The molecule has 5 heteroatoms. The first-order valence-electron chi connectivity index (χ1n) is 5.68. The van der Waals surface area contributed by atoms with Crippen molar-refractivity contribution in [3.05, 3.63) is 28.0 Å². The van der Waals surface area contributed by atoms with Crippen molar-refractivity contribution in [1.82, 2.24) is 9.88 Å². The normalized spacial score (nSPS) is 20.4. The maximum absolute atomic E-state index is 12.2. The zero-order valence-corrected chi connectivity index (χ0v) is 11.1. The van der Waals surface area contributed by atoms with Gasteiger partial charge in [-0.25, -0.2) is 4.98 Å². The van der Waals surface area contributed by atoms with Crippen LogP contribution in [0.1, 0.15) is 30.1 Å². The Morgan fingerprint density at radius 1 is 1.53 bits per heavy atom. The molecule has 1 aromatic rings. The van der Waals surface area contributed by atoms with E-state index < -0.39 is 0 Å². The monoisotopic (exact) mass is 272 g/mol. The molecule has 17 heavy (non-hydrogen) atoms. The number of amides is 1. The standard InChI is InChI=1S/C12H14Cl2N2O/c1-8-3-2-4-16(7-8)12(17)9-5-10(13)11(14)15-6-9/h5-6,8H,2-4,7H2,1H3. The quantitative estimate of drug-likeness (QED) is 0.736. The van der Waals surface area contributed by atoms with Crippen LogP contribution in [0.25, 0.3) is 0 Å². The minimum Gasteiger partial charge on any atom is -0.338 e. The van der Waals surface area contributed by atoms with Crippen LogP contribution in [0.5, 0.6) is 0 Å². The lowest BCUT2D eigenvalue weighted by Gasteiger charge is -2.30. The Hall–Kier alpha value is -0.800. The maximum atomic E-state index is 12.2. The van der Waals surface area contributed by atoms with Gasteiger partial charge in [0.1, 0.15) is 5.15 Å². The first-order chi connectivity index (χ1) is 8.08. The summed E-state index contributed by atoms with van der Waals surface area (Å²) in [7, 11) is 0. The highest BCUT2D eigenvalue weighted by molar-refractivity contribution is 6.41. The van der Waals surface area contributed by atoms with Crippen LogP contribution in [0.3, 0.4) is 0 Å². The average molecular weight is 273 g/mol. The molecule has 1 fully saturated rings. The van der Waals surface area contributed by atoms with Crippen molar-refractivity contribution in [2.45, 2.75) is 19.8 Å². The molecule has 0 aliphatic carbocycles. The Morgan fingerprint density at radius 2 is 2.29 bits per heavy atom. The van der Waals surface area contributed by atoms with Gasteiger partial charge in [0.2, 0.25) is 0 Å². The van der Waals surface area contributed by atoms with Crippen LogP contribution < -0.4 is 0 Å². The maximum Gasteiger partial charge on any atom is 0.255 e. The summed E-state index contributed by atoms with van der Waals surface area (Å²) in [5.41, 5.74) is 0.508. The van der Waals surface area contributed by atoms with Gasteiger partial charge in [-0.3, -0.25) is 4.79 Å². The van der Waals surface area contributed by atoms with Gasteiger partial charge in [0, 0.05) is 19.3 Å². The lowest BCUT2D eigenvalue weighted by Crippen LogP contribution is -2.39. The van der Waals surface area contributed by atoms with E-state index in [1.165, 1.54) is 12.6 Å². The van der Waals surface area contributed by atoms with Gasteiger partial charge in [0.05, 0.1) is 10.6 Å². The highest BCUT2D eigenvalue weighted by Crippen LogP contribution is 2.22. The molecule has 1 amide bonds. The Labute approximate surface area is 111 Å². The Balaban J connectivity index is 2.15. The third-order valence-electron chi connectivity index (χ3n) is 2.99. The van der Waals surface area contributed by atoms with Crippen molar-refractivity contribution in [3.8, 4) is 0 Å². The number of pyridine rings is 1. The van der Waals surface area contributed by atoms with Crippen LogP contribution in [0.4, 0.5) is 0 Å². The van der Waals surface area contributed by atoms with Gasteiger partial charge in [0.25, 0.3) is 5.91 Å². The molecule has 0 bridgehead atoms. The molecule has 1 aromatic heterocycles. The number of carbonyl (C=O) groups is 1. The van der Waals surface area contributed by atoms with E-state index in [-0.39, 0.29) is 11.1 Å². The van der Waals surface area contributed by atoms with E-state index in [9.17, 15) is 4.79 Å². The fraction of sp³-hybridized carbons (Fsp3) is 0.500. The molecule has 1 aliphatic heterocycles. The van der Waals surface area contributed by atoms with E-state index in [0.717, 1.165) is 19.5 Å². The molecule has 0 saturated carbocycles. The van der Waals surface area contributed by atoms with Gasteiger partial charge in [-0.05, 0) is 24.8 Å². The van der Waals surface area contributed by atoms with Crippen molar-refractivity contribution < 1.29 is 4.79 Å². The topological polar surface area (TPSA) is 33.2 Å². The number of hydrogen-bond donors (Lipinski definition) is 0. The van der Waals surface area contributed by atoms with Crippen molar-refractivity contribution in [2.75, 3.05) is 13.1 Å². The third kappa shape index (κ3) is 2.90. The Bertz CT molecular complexity index is 437. The molecule has 0 spiro atoms. The van der Waals surface area contributed by atoms with Crippen molar-refractivity contribution in [2.24, 2.45) is 5.92 Å². The van der Waals surface area contributed by atoms with Crippen molar-refractivity contribution in [3.63, 3.8) is 0 Å². The molecule has 2 rings (SSSR count). The van der Waals surface area contributed by atoms with E-state index in [4.69, 9.17) is 23.2 Å². The average Bonchev–Trinajstić information content (AvgIpc) is 2.32. The summed E-state index contributed by atoms with van der Waals surface area (Å²) >= 11 is 11.6. The Kier molecular flexibility index (Phi) is 3.89. The summed E-state index contributed by atoms with van der Waals surface area (Å²) in [5.74, 6) is 0.547. The molecular formula is C12H14Cl2N2O. The largest absolute Gasteiger partial charge is 0.338 e. The number of piperidine rings is 1. The summed E-state index contributed by atoms with van der Waals surface area (Å²) in [5, 5.41) is 0.554. The molecule has 1 aliphatic rings. The summed E-state index contributed by atoms with van der Waals surface area (Å²) in [4.78, 5) is 17.9. The number of aromatic nitrogens is 1. The molecule has 0 radical (unpaired) electrons. The summed E-state index contributed by atoms with van der Waals surface area (Å²) in [6.07, 6.45) is 3.72. The summed E-state index contributed by atoms with van der Waals surface area (Å²) < 4.78 is 0. The van der Waals surface area contributed by atoms with Gasteiger partial charge in [-0.2, -0.15) is 0 Å². The molecule has 0 N–H and O–H groups in total. The second kappa shape index (κ2) is 5.23. The van der Waals surface area contributed by atoms with Gasteiger partial charge in [0.15, 0.2) is 0 Å². The minimum absolute atomic E-state index is 0.0115. The van der Waals surface area contributed by atoms with Crippen LogP contribution in [0.15, 0.2) is 12.3 Å². The molecule has 2 heterocycles. The highest BCUT2D eigenvalue weighted by atomic mass is 35.5. The number of carbonyl (C=O) groups excluding carboxylic acids is 1. The SMILES string of the molecule is CC1CCCN(C(=O)c2cnc(Cl)c(Cl)c2)C1. The number of rotatable bonds is 1. The van der Waals surface area contributed by atoms with Crippen LogP contribution in [0, 0.1) is 5.92 Å². The van der Waals surface area contributed by atoms with Gasteiger partial charge < -0.3 is 4.90 Å². The minimum atomic E-state index is -0.0115. The first kappa shape index (κ1) is 12.7. The van der Waals surface area contributed by atoms with E-state index in [0.29, 0.717) is 16.5 Å². The highest BCUT2D eigenvalue weighted by Gasteiger charge is 2.22. The molecule has 3 nitrogen and oxygen atoms in total. The van der Waals surface area contributed by atoms with Crippen LogP contribution in [-0.2, 0) is 0 Å². The Morgan fingerprint density at radius 3 is 2.94 bits per heavy atom. The fourth-order valence-electron chi connectivity index (χ4n) is 2.09. The lowest BCUT2D eigenvalue weighted by atomic mass is 10.00. The van der Waals surface area contributed by atoms with Crippen molar-refractivity contribution >= 4 is 29.1 Å². The van der Waals surface area contributed by atoms with Crippen LogP contribution in [-0.4, -0.2) is 28.9 Å². The summed E-state index contributed by atoms with van der Waals surface area (Å²) in [6, 6.07) is 1.58. The molecule has 0 aromatic carbocycles. The zero-order valence-electron chi connectivity index (χ0n) is 9.62. The number of hydrogen-bond acceptors (Lipinski definition) is 2. The molecular weight excluding hydrogens is 259 g/mol. The van der Waals surface area contributed by atoms with Crippen LogP contribution >= 0.6 is 23.2 Å². The molecule has 1 unspecified atom stereocenters. The molecule has 92 valence electrons. The van der Waals surface area contributed by atoms with Gasteiger partial charge >= 0.3 is 0 Å². The predicted octanol–water partition coefficient (Wildman–Crippen LogP) is 3.26. The molecule has 1 saturated heterocycles. The zero-order chi connectivity index (χ0) is 12.4. The van der Waals surface area contributed by atoms with Gasteiger partial charge in [-0.1, -0.05) is 30.1 Å². The predicted molar refractivity (Wildman–Crippen MR) is 68.6 cm³/mol. The summed E-state index contributed by atoms with van der Waals surface area (Å²) in [6.45, 7) is 3.77. The number of likely N-dealkylation sites (tertiary alicyclic amines) is 1. The van der Waals surface area contributed by atoms with E-state index in [1.54, 1.807) is 6.07 Å². The van der Waals surface area contributed by atoms with E-state index in [1.807, 2.05) is 4.90 Å². The third-order valence-corrected chi connectivity index (χ3v) is 3.67. The number of nitrogens with zero attached hydrogens (tertiary/aromatic N) is 2. The second-order valence-electron chi connectivity index (χ2n) is 4.50.